The summed E-state index contributed by atoms with van der Waals surface area (Å²) in [6.07, 6.45) is 4.17. The Hall–Kier alpha value is -1.14. The number of hydrogen-bond acceptors (Lipinski definition) is 6. The maximum Gasteiger partial charge on any atom is 0.266 e. The number of nitrogens with zero attached hydrogens (tertiary/aromatic N) is 3. The minimum Gasteiger partial charge on any atom is -0.378 e. The van der Waals surface area contributed by atoms with Crippen LogP contribution in [0.4, 0.5) is 5.95 Å². The molecular weight excluding hydrogens is 220 g/mol. The topological polar surface area (TPSA) is 77.4 Å². The van der Waals surface area contributed by atoms with E-state index in [2.05, 4.69) is 15.0 Å². The van der Waals surface area contributed by atoms with Gasteiger partial charge in [0, 0.05) is 13.1 Å². The molecule has 1 aromatic rings. The maximum absolute atomic E-state index is 6.28. The van der Waals surface area contributed by atoms with Crippen molar-refractivity contribution in [1.82, 2.24) is 10.1 Å². The number of hydrogen-bond donors (Lipinski definition) is 1. The summed E-state index contributed by atoms with van der Waals surface area (Å²) >= 11 is 0. The maximum atomic E-state index is 6.28. The van der Waals surface area contributed by atoms with Gasteiger partial charge in [-0.25, -0.2) is 0 Å². The van der Waals surface area contributed by atoms with Crippen LogP contribution in [-0.2, 0) is 10.3 Å². The summed E-state index contributed by atoms with van der Waals surface area (Å²) in [5, 5.41) is 4.03. The molecule has 6 heteroatoms. The number of morpholine rings is 1. The van der Waals surface area contributed by atoms with Crippen molar-refractivity contribution in [2.45, 2.75) is 31.2 Å². The first kappa shape index (κ1) is 11.0. The van der Waals surface area contributed by atoms with Gasteiger partial charge >= 0.3 is 0 Å². The van der Waals surface area contributed by atoms with Crippen molar-refractivity contribution in [3.8, 4) is 0 Å². The largest absolute Gasteiger partial charge is 0.378 e. The van der Waals surface area contributed by atoms with Crippen molar-refractivity contribution in [2.75, 3.05) is 31.2 Å². The van der Waals surface area contributed by atoms with Crippen LogP contribution >= 0.6 is 0 Å². The molecule has 1 aliphatic heterocycles. The Bertz CT molecular complexity index is 381. The minimum atomic E-state index is -0.391. The normalized spacial score (nSPS) is 24.2. The Morgan fingerprint density at radius 2 is 1.88 bits per heavy atom. The van der Waals surface area contributed by atoms with E-state index in [4.69, 9.17) is 15.0 Å². The first-order chi connectivity index (χ1) is 8.28. The molecule has 0 bridgehead atoms. The molecule has 6 nitrogen and oxygen atoms in total. The van der Waals surface area contributed by atoms with Gasteiger partial charge in [0.15, 0.2) is 0 Å². The van der Waals surface area contributed by atoms with E-state index in [9.17, 15) is 0 Å². The third-order valence-electron chi connectivity index (χ3n) is 3.63. The van der Waals surface area contributed by atoms with E-state index in [-0.39, 0.29) is 0 Å². The summed E-state index contributed by atoms with van der Waals surface area (Å²) < 4.78 is 10.6. The summed E-state index contributed by atoms with van der Waals surface area (Å²) in [4.78, 5) is 6.53. The number of nitrogens with two attached hydrogens (primary N) is 1. The Morgan fingerprint density at radius 3 is 2.59 bits per heavy atom. The summed E-state index contributed by atoms with van der Waals surface area (Å²) in [5.74, 6) is 1.25. The van der Waals surface area contributed by atoms with Crippen LogP contribution in [0.2, 0.25) is 0 Å². The van der Waals surface area contributed by atoms with Crippen molar-refractivity contribution < 1.29 is 9.26 Å². The zero-order valence-electron chi connectivity index (χ0n) is 9.89. The zero-order valence-corrected chi connectivity index (χ0v) is 9.89. The summed E-state index contributed by atoms with van der Waals surface area (Å²) in [5.41, 5.74) is 5.89. The molecular formula is C11H18N4O2. The van der Waals surface area contributed by atoms with Gasteiger partial charge in [-0.2, -0.15) is 4.98 Å². The SMILES string of the molecule is NC1(c2nc(N3CCOCC3)no2)CCCC1. The molecule has 17 heavy (non-hydrogen) atoms. The van der Waals surface area contributed by atoms with Gasteiger partial charge in [0.05, 0.1) is 18.8 Å². The van der Waals surface area contributed by atoms with Gasteiger partial charge in [0.1, 0.15) is 0 Å². The van der Waals surface area contributed by atoms with Gasteiger partial charge in [0.2, 0.25) is 5.89 Å². The molecule has 0 amide bonds. The lowest BCUT2D eigenvalue weighted by atomic mass is 10.00. The van der Waals surface area contributed by atoms with Crippen LogP contribution in [0.15, 0.2) is 4.52 Å². The molecule has 0 spiro atoms. The minimum absolute atomic E-state index is 0.391. The zero-order chi connectivity index (χ0) is 11.7. The standard InChI is InChI=1S/C11H18N4O2/c12-11(3-1-2-4-11)9-13-10(14-17-9)15-5-7-16-8-6-15/h1-8,12H2. The molecule has 1 saturated heterocycles. The first-order valence-corrected chi connectivity index (χ1v) is 6.24. The van der Waals surface area contributed by atoms with E-state index in [0.29, 0.717) is 11.8 Å². The molecule has 2 fully saturated rings. The number of ether oxygens (including phenoxy) is 1. The van der Waals surface area contributed by atoms with Crippen LogP contribution < -0.4 is 10.6 Å². The highest BCUT2D eigenvalue weighted by molar-refractivity contribution is 5.29. The molecule has 1 saturated carbocycles. The fraction of sp³-hybridized carbons (Fsp3) is 0.818. The highest BCUT2D eigenvalue weighted by Gasteiger charge is 2.37. The Balaban J connectivity index is 1.77. The molecule has 2 aliphatic rings. The molecule has 3 rings (SSSR count). The van der Waals surface area contributed by atoms with Crippen LogP contribution in [0.5, 0.6) is 0 Å². The second-order valence-corrected chi connectivity index (χ2v) is 4.86. The summed E-state index contributed by atoms with van der Waals surface area (Å²) in [7, 11) is 0. The van der Waals surface area contributed by atoms with E-state index in [1.54, 1.807) is 0 Å². The third-order valence-corrected chi connectivity index (χ3v) is 3.63. The molecule has 94 valence electrons. The molecule has 1 aromatic heterocycles. The van der Waals surface area contributed by atoms with Gasteiger partial charge in [-0.15, -0.1) is 0 Å². The summed E-state index contributed by atoms with van der Waals surface area (Å²) in [6.45, 7) is 3.07. The number of rotatable bonds is 2. The second kappa shape index (κ2) is 4.27. The number of anilines is 1. The van der Waals surface area contributed by atoms with Gasteiger partial charge < -0.3 is 19.9 Å². The Kier molecular flexibility index (Phi) is 2.76. The fourth-order valence-electron chi connectivity index (χ4n) is 2.53. The van der Waals surface area contributed by atoms with E-state index in [1.807, 2.05) is 0 Å². The average molecular weight is 238 g/mol. The van der Waals surface area contributed by atoms with Gasteiger partial charge in [-0.05, 0) is 18.0 Å². The van der Waals surface area contributed by atoms with Crippen molar-refractivity contribution in [1.29, 1.82) is 0 Å². The van der Waals surface area contributed by atoms with E-state index in [0.717, 1.165) is 52.0 Å². The molecule has 0 unspecified atom stereocenters. The van der Waals surface area contributed by atoms with Gasteiger partial charge in [-0.3, -0.25) is 0 Å². The Labute approximate surface area is 100 Å². The van der Waals surface area contributed by atoms with Crippen molar-refractivity contribution in [3.05, 3.63) is 5.89 Å². The predicted molar refractivity (Wildman–Crippen MR) is 61.7 cm³/mol. The molecule has 0 aromatic carbocycles. The van der Waals surface area contributed by atoms with Crippen LogP contribution in [0.25, 0.3) is 0 Å². The van der Waals surface area contributed by atoms with Crippen LogP contribution in [0.3, 0.4) is 0 Å². The predicted octanol–water partition coefficient (Wildman–Crippen LogP) is 0.634. The average Bonchev–Trinajstić information content (AvgIpc) is 2.99. The van der Waals surface area contributed by atoms with Crippen LogP contribution in [0, 0.1) is 0 Å². The summed E-state index contributed by atoms with van der Waals surface area (Å²) in [6, 6.07) is 0. The van der Waals surface area contributed by atoms with Crippen molar-refractivity contribution in [2.24, 2.45) is 5.73 Å². The quantitative estimate of drug-likeness (QED) is 0.814. The van der Waals surface area contributed by atoms with Gasteiger partial charge in [0.25, 0.3) is 5.95 Å². The van der Waals surface area contributed by atoms with E-state index < -0.39 is 5.54 Å². The molecule has 0 atom stereocenters. The van der Waals surface area contributed by atoms with Crippen molar-refractivity contribution >= 4 is 5.95 Å². The smallest absolute Gasteiger partial charge is 0.266 e. The molecule has 2 N–H and O–H groups in total. The first-order valence-electron chi connectivity index (χ1n) is 6.24. The Morgan fingerprint density at radius 1 is 1.18 bits per heavy atom. The van der Waals surface area contributed by atoms with Crippen LogP contribution in [-0.4, -0.2) is 36.4 Å². The second-order valence-electron chi connectivity index (χ2n) is 4.86. The van der Waals surface area contributed by atoms with Crippen molar-refractivity contribution in [3.63, 3.8) is 0 Å². The van der Waals surface area contributed by atoms with E-state index >= 15 is 0 Å². The van der Waals surface area contributed by atoms with Gasteiger partial charge in [-0.1, -0.05) is 12.8 Å². The molecule has 1 aliphatic carbocycles. The lowest BCUT2D eigenvalue weighted by Gasteiger charge is -2.24. The van der Waals surface area contributed by atoms with E-state index in [1.165, 1.54) is 0 Å². The lowest BCUT2D eigenvalue weighted by Crippen LogP contribution is -2.37. The lowest BCUT2D eigenvalue weighted by molar-refractivity contribution is 0.121. The fourth-order valence-corrected chi connectivity index (χ4v) is 2.53. The highest BCUT2D eigenvalue weighted by Crippen LogP contribution is 2.35. The van der Waals surface area contributed by atoms with Crippen LogP contribution in [0.1, 0.15) is 31.6 Å². The number of aromatic nitrogens is 2. The highest BCUT2D eigenvalue weighted by atomic mass is 16.5. The third kappa shape index (κ3) is 2.02. The molecule has 0 radical (unpaired) electrons. The monoisotopic (exact) mass is 238 g/mol. The molecule has 2 heterocycles.